The first kappa shape index (κ1) is 27.7. The number of nitrogens with zero attached hydrogens (tertiary/aromatic N) is 2. The SMILES string of the molecule is Cc1ccccc1C1=C(c2ccc(OC3CCN(CCCF)C3)cc2)c2ccc(N3CC(N)CC3=O)cc2CCC1. The zero-order chi connectivity index (χ0) is 28.3. The number of alkyl halides is 1. The minimum absolute atomic E-state index is 0.103. The van der Waals surface area contributed by atoms with E-state index in [0.29, 0.717) is 19.4 Å². The maximum atomic E-state index is 12.6. The number of aryl methyl sites for hydroxylation is 2. The van der Waals surface area contributed by atoms with E-state index < -0.39 is 0 Å². The number of anilines is 1. The summed E-state index contributed by atoms with van der Waals surface area (Å²) in [4.78, 5) is 16.7. The van der Waals surface area contributed by atoms with E-state index in [0.717, 1.165) is 56.8 Å². The standard InChI is InChI=1S/C35H40FN3O2/c1-24-6-2-3-8-31(24)33-9-4-7-26-20-28(39-22-27(37)21-34(39)40)12-15-32(26)35(33)25-10-13-29(14-11-25)41-30-16-19-38(23-30)18-5-17-36/h2-3,6,8,10-15,20,27,30H,4-5,7,9,16-19,21-23,37H2,1H3. The molecule has 2 aliphatic heterocycles. The Morgan fingerprint density at radius 3 is 2.59 bits per heavy atom. The van der Waals surface area contributed by atoms with E-state index in [4.69, 9.17) is 10.5 Å². The lowest BCUT2D eigenvalue weighted by atomic mass is 9.86. The van der Waals surface area contributed by atoms with E-state index in [1.165, 1.54) is 39.0 Å². The van der Waals surface area contributed by atoms with Gasteiger partial charge in [-0.3, -0.25) is 14.1 Å². The van der Waals surface area contributed by atoms with Crippen LogP contribution >= 0.6 is 0 Å². The molecule has 2 heterocycles. The Bertz CT molecular complexity index is 1430. The summed E-state index contributed by atoms with van der Waals surface area (Å²) >= 11 is 0. The van der Waals surface area contributed by atoms with Crippen molar-refractivity contribution in [3.8, 4) is 5.75 Å². The van der Waals surface area contributed by atoms with Gasteiger partial charge >= 0.3 is 0 Å². The lowest BCUT2D eigenvalue weighted by Gasteiger charge is -2.21. The van der Waals surface area contributed by atoms with Crippen molar-refractivity contribution >= 4 is 22.7 Å². The van der Waals surface area contributed by atoms with Crippen LogP contribution in [0.5, 0.6) is 5.75 Å². The van der Waals surface area contributed by atoms with Crippen molar-refractivity contribution in [2.45, 2.75) is 57.6 Å². The first-order chi connectivity index (χ1) is 20.0. The van der Waals surface area contributed by atoms with Gasteiger partial charge in [0.1, 0.15) is 11.9 Å². The molecule has 214 valence electrons. The summed E-state index contributed by atoms with van der Waals surface area (Å²) in [5.74, 6) is 0.975. The molecule has 6 rings (SSSR count). The van der Waals surface area contributed by atoms with Gasteiger partial charge in [0.2, 0.25) is 5.91 Å². The topological polar surface area (TPSA) is 58.8 Å². The molecule has 3 aromatic carbocycles. The van der Waals surface area contributed by atoms with Crippen LogP contribution in [0, 0.1) is 6.92 Å². The average molecular weight is 554 g/mol. The highest BCUT2D eigenvalue weighted by molar-refractivity contribution is 6.01. The van der Waals surface area contributed by atoms with Gasteiger partial charge in [0.05, 0.1) is 6.67 Å². The van der Waals surface area contributed by atoms with E-state index in [-0.39, 0.29) is 24.7 Å². The highest BCUT2D eigenvalue weighted by atomic mass is 19.1. The minimum atomic E-state index is -0.265. The third kappa shape index (κ3) is 5.95. The van der Waals surface area contributed by atoms with Crippen LogP contribution in [0.3, 0.4) is 0 Å². The second-order valence-electron chi connectivity index (χ2n) is 11.7. The highest BCUT2D eigenvalue weighted by Gasteiger charge is 2.29. The molecule has 3 aliphatic rings. The number of benzene rings is 3. The van der Waals surface area contributed by atoms with E-state index in [1.54, 1.807) is 0 Å². The third-order valence-corrected chi connectivity index (χ3v) is 8.75. The van der Waals surface area contributed by atoms with Gasteiger partial charge in [-0.2, -0.15) is 0 Å². The smallest absolute Gasteiger partial charge is 0.228 e. The van der Waals surface area contributed by atoms with Gasteiger partial charge in [0.15, 0.2) is 0 Å². The zero-order valence-corrected chi connectivity index (χ0v) is 23.9. The fraction of sp³-hybridized carbons (Fsp3) is 0.400. The van der Waals surface area contributed by atoms with E-state index >= 15 is 0 Å². The molecule has 0 bridgehead atoms. The van der Waals surface area contributed by atoms with Crippen molar-refractivity contribution in [1.82, 2.24) is 4.90 Å². The summed E-state index contributed by atoms with van der Waals surface area (Å²) in [6.45, 7) is 5.11. The number of amides is 1. The van der Waals surface area contributed by atoms with Crippen molar-refractivity contribution in [2.75, 3.05) is 37.8 Å². The van der Waals surface area contributed by atoms with Crippen LogP contribution in [0.4, 0.5) is 10.1 Å². The summed E-state index contributed by atoms with van der Waals surface area (Å²) < 4.78 is 18.9. The van der Waals surface area contributed by atoms with Gasteiger partial charge in [-0.05, 0) is 102 Å². The van der Waals surface area contributed by atoms with Crippen LogP contribution in [0.2, 0.25) is 0 Å². The summed E-state index contributed by atoms with van der Waals surface area (Å²) in [5, 5.41) is 0. The van der Waals surface area contributed by atoms with E-state index in [9.17, 15) is 9.18 Å². The first-order valence-electron chi connectivity index (χ1n) is 15.0. The van der Waals surface area contributed by atoms with Crippen LogP contribution in [0.1, 0.15) is 59.9 Å². The lowest BCUT2D eigenvalue weighted by molar-refractivity contribution is -0.117. The molecule has 0 saturated carbocycles. The molecule has 2 unspecified atom stereocenters. The highest BCUT2D eigenvalue weighted by Crippen LogP contribution is 2.42. The number of hydrogen-bond acceptors (Lipinski definition) is 4. The summed E-state index contributed by atoms with van der Waals surface area (Å²) in [5.41, 5.74) is 15.9. The monoisotopic (exact) mass is 553 g/mol. The van der Waals surface area contributed by atoms with Gasteiger partial charge in [-0.1, -0.05) is 42.5 Å². The number of rotatable bonds is 8. The summed E-state index contributed by atoms with van der Waals surface area (Å²) in [6.07, 6.45) is 5.08. The fourth-order valence-electron chi connectivity index (χ4n) is 6.71. The molecule has 1 aliphatic carbocycles. The van der Waals surface area contributed by atoms with Crippen LogP contribution in [0.25, 0.3) is 11.1 Å². The average Bonchev–Trinajstić information content (AvgIpc) is 3.51. The molecule has 0 aromatic heterocycles. The zero-order valence-electron chi connectivity index (χ0n) is 23.9. The molecule has 41 heavy (non-hydrogen) atoms. The first-order valence-corrected chi connectivity index (χ1v) is 15.0. The number of ether oxygens (including phenoxy) is 1. The van der Waals surface area contributed by atoms with Crippen molar-refractivity contribution in [3.05, 3.63) is 94.5 Å². The normalized spacial score (nSPS) is 21.3. The molecular weight excluding hydrogens is 513 g/mol. The molecule has 2 atom stereocenters. The Labute approximate surface area is 242 Å². The number of likely N-dealkylation sites (tertiary alicyclic amines) is 1. The van der Waals surface area contributed by atoms with Gasteiger partial charge in [-0.25, -0.2) is 0 Å². The van der Waals surface area contributed by atoms with Crippen molar-refractivity contribution in [3.63, 3.8) is 0 Å². The molecule has 6 heteroatoms. The fourth-order valence-corrected chi connectivity index (χ4v) is 6.71. The van der Waals surface area contributed by atoms with E-state index in [2.05, 4.69) is 78.6 Å². The van der Waals surface area contributed by atoms with Crippen molar-refractivity contribution in [2.24, 2.45) is 5.73 Å². The van der Waals surface area contributed by atoms with Crippen LogP contribution < -0.4 is 15.4 Å². The summed E-state index contributed by atoms with van der Waals surface area (Å²) in [6, 6.07) is 23.6. The van der Waals surface area contributed by atoms with Gasteiger partial charge in [-0.15, -0.1) is 0 Å². The molecule has 0 radical (unpaired) electrons. The number of fused-ring (bicyclic) bond motifs is 1. The van der Waals surface area contributed by atoms with Crippen molar-refractivity contribution in [1.29, 1.82) is 0 Å². The predicted octanol–water partition coefficient (Wildman–Crippen LogP) is 6.17. The van der Waals surface area contributed by atoms with E-state index in [1.807, 2.05) is 4.90 Å². The van der Waals surface area contributed by atoms with Gasteiger partial charge in [0, 0.05) is 44.3 Å². The molecule has 2 saturated heterocycles. The Balaban J connectivity index is 1.34. The van der Waals surface area contributed by atoms with Gasteiger partial charge < -0.3 is 15.4 Å². The Kier molecular flexibility index (Phi) is 8.22. The Morgan fingerprint density at radius 2 is 1.83 bits per heavy atom. The second-order valence-corrected chi connectivity index (χ2v) is 11.7. The molecule has 5 nitrogen and oxygen atoms in total. The maximum Gasteiger partial charge on any atom is 0.228 e. The predicted molar refractivity (Wildman–Crippen MR) is 164 cm³/mol. The summed E-state index contributed by atoms with van der Waals surface area (Å²) in [7, 11) is 0. The number of carbonyl (C=O) groups is 1. The molecule has 3 aromatic rings. The quantitative estimate of drug-likeness (QED) is 0.363. The maximum absolute atomic E-state index is 12.6. The molecule has 2 fully saturated rings. The third-order valence-electron chi connectivity index (χ3n) is 8.75. The molecular formula is C35H40FN3O2. The van der Waals surface area contributed by atoms with Crippen molar-refractivity contribution < 1.29 is 13.9 Å². The van der Waals surface area contributed by atoms with Crippen LogP contribution in [-0.4, -0.2) is 55.8 Å². The number of carbonyl (C=O) groups excluding carboxylic acids is 1. The second kappa shape index (κ2) is 12.2. The number of hydrogen-bond donors (Lipinski definition) is 1. The lowest BCUT2D eigenvalue weighted by Crippen LogP contribution is -2.28. The molecule has 0 spiro atoms. The van der Waals surface area contributed by atoms with Gasteiger partial charge in [0.25, 0.3) is 0 Å². The molecule has 2 N–H and O–H groups in total. The molecule has 1 amide bonds. The van der Waals surface area contributed by atoms with Crippen LogP contribution in [-0.2, 0) is 11.2 Å². The Morgan fingerprint density at radius 1 is 1.00 bits per heavy atom. The largest absolute Gasteiger partial charge is 0.489 e. The Hall–Kier alpha value is -3.48. The number of halogens is 1. The number of allylic oxidation sites excluding steroid dienone is 1. The minimum Gasteiger partial charge on any atom is -0.489 e. The van der Waals surface area contributed by atoms with Crippen LogP contribution in [0.15, 0.2) is 66.7 Å². The number of nitrogens with two attached hydrogens (primary N) is 1.